The molecule has 3 aliphatic heterocycles. The van der Waals surface area contributed by atoms with E-state index in [0.717, 1.165) is 51.2 Å². The molecule has 3 unspecified atom stereocenters. The first-order chi connectivity index (χ1) is 14.2. The van der Waals surface area contributed by atoms with Crippen LogP contribution >= 0.6 is 11.8 Å². The lowest BCUT2D eigenvalue weighted by Gasteiger charge is -2.34. The zero-order valence-electron chi connectivity index (χ0n) is 18.2. The molecule has 0 bridgehead atoms. The van der Waals surface area contributed by atoms with Crippen molar-refractivity contribution >= 4 is 23.7 Å². The van der Waals surface area contributed by atoms with Crippen LogP contribution in [0.2, 0.25) is 0 Å². The highest BCUT2D eigenvalue weighted by molar-refractivity contribution is 8.00. The molecule has 0 saturated carbocycles. The van der Waals surface area contributed by atoms with Gasteiger partial charge >= 0.3 is 6.03 Å². The summed E-state index contributed by atoms with van der Waals surface area (Å²) in [5.41, 5.74) is 0. The van der Waals surface area contributed by atoms with E-state index in [1.165, 1.54) is 45.1 Å². The van der Waals surface area contributed by atoms with E-state index < -0.39 is 0 Å². The third-order valence-corrected chi connectivity index (χ3v) is 8.13. The van der Waals surface area contributed by atoms with Crippen LogP contribution in [0.4, 0.5) is 4.79 Å². The van der Waals surface area contributed by atoms with Crippen LogP contribution in [-0.2, 0) is 4.79 Å². The molecular formula is C22H40N4O2S. The van der Waals surface area contributed by atoms with E-state index in [9.17, 15) is 9.59 Å². The number of nitrogens with one attached hydrogen (secondary N) is 2. The van der Waals surface area contributed by atoms with Gasteiger partial charge in [-0.15, -0.1) is 0 Å². The molecule has 3 heterocycles. The topological polar surface area (TPSA) is 64.7 Å². The monoisotopic (exact) mass is 424 g/mol. The number of piperazine rings is 1. The Labute approximate surface area is 180 Å². The number of nitrogens with zero attached hydrogens (tertiary/aromatic N) is 2. The molecule has 3 aliphatic rings. The second-order valence-electron chi connectivity index (χ2n) is 8.86. The first-order valence-electron chi connectivity index (χ1n) is 11.9. The third-order valence-electron chi connectivity index (χ3n) is 6.62. The Bertz CT molecular complexity index is 525. The predicted molar refractivity (Wildman–Crippen MR) is 120 cm³/mol. The Morgan fingerprint density at radius 1 is 1.00 bits per heavy atom. The Balaban J connectivity index is 1.21. The summed E-state index contributed by atoms with van der Waals surface area (Å²) in [4.78, 5) is 28.6. The molecule has 7 heteroatoms. The molecule has 0 spiro atoms. The van der Waals surface area contributed by atoms with Crippen molar-refractivity contribution in [1.82, 2.24) is 20.4 Å². The Kier molecular flexibility index (Phi) is 9.43. The zero-order chi connectivity index (χ0) is 20.5. The first-order valence-corrected chi connectivity index (χ1v) is 12.9. The van der Waals surface area contributed by atoms with Crippen LogP contribution in [-0.4, -0.2) is 77.5 Å². The predicted octanol–water partition coefficient (Wildman–Crippen LogP) is 3.22. The largest absolute Gasteiger partial charge is 0.340 e. The summed E-state index contributed by atoms with van der Waals surface area (Å²) in [5.74, 6) is 1.34. The van der Waals surface area contributed by atoms with Gasteiger partial charge in [0, 0.05) is 43.6 Å². The number of thioether (sulfide) groups is 1. The van der Waals surface area contributed by atoms with Gasteiger partial charge in [0.1, 0.15) is 0 Å². The fourth-order valence-corrected chi connectivity index (χ4v) is 6.30. The summed E-state index contributed by atoms with van der Waals surface area (Å²) in [6.07, 6.45) is 11.9. The molecule has 0 aromatic heterocycles. The lowest BCUT2D eigenvalue weighted by atomic mass is 10.0. The van der Waals surface area contributed by atoms with Gasteiger partial charge in [-0.05, 0) is 25.8 Å². The zero-order valence-corrected chi connectivity index (χ0v) is 19.0. The van der Waals surface area contributed by atoms with E-state index in [0.29, 0.717) is 23.6 Å². The average molecular weight is 425 g/mol. The number of amides is 3. The fraction of sp³-hybridized carbons (Fsp3) is 0.909. The van der Waals surface area contributed by atoms with Crippen LogP contribution < -0.4 is 10.6 Å². The standard InChI is InChI=1S/C22H40N4O2S/c1-2-3-4-5-6-9-12-25-13-15-26(16-14-25)20(27)11-8-7-10-19-21-18(17-29-19)23-22(28)24-21/h18-19,21H,2-17H2,1H3,(H2,23,24,28). The molecule has 0 aliphatic carbocycles. The van der Waals surface area contributed by atoms with E-state index in [1.54, 1.807) is 0 Å². The van der Waals surface area contributed by atoms with Gasteiger partial charge in [0.25, 0.3) is 0 Å². The van der Waals surface area contributed by atoms with Gasteiger partial charge < -0.3 is 15.5 Å². The minimum atomic E-state index is -0.0175. The minimum absolute atomic E-state index is 0.0175. The summed E-state index contributed by atoms with van der Waals surface area (Å²) >= 11 is 1.96. The van der Waals surface area contributed by atoms with Gasteiger partial charge in [0.05, 0.1) is 12.1 Å². The van der Waals surface area contributed by atoms with Crippen LogP contribution in [0.1, 0.15) is 71.1 Å². The molecule has 0 radical (unpaired) electrons. The fourth-order valence-electron chi connectivity index (χ4n) is 4.76. The maximum Gasteiger partial charge on any atom is 0.315 e. The SMILES string of the molecule is CCCCCCCCN1CCN(C(=O)CCCCC2SCC3NC(=O)NC32)CC1. The van der Waals surface area contributed by atoms with Crippen LogP contribution in [0.15, 0.2) is 0 Å². The lowest BCUT2D eigenvalue weighted by Crippen LogP contribution is -2.48. The molecule has 29 heavy (non-hydrogen) atoms. The highest BCUT2D eigenvalue weighted by Crippen LogP contribution is 2.33. The van der Waals surface area contributed by atoms with Gasteiger partial charge in [-0.25, -0.2) is 4.79 Å². The van der Waals surface area contributed by atoms with E-state index in [-0.39, 0.29) is 12.1 Å². The smallest absolute Gasteiger partial charge is 0.315 e. The molecule has 3 amide bonds. The van der Waals surface area contributed by atoms with Gasteiger partial charge in [-0.2, -0.15) is 11.8 Å². The van der Waals surface area contributed by atoms with Crippen LogP contribution in [0.25, 0.3) is 0 Å². The molecule has 3 fully saturated rings. The number of carbonyl (C=O) groups excluding carboxylic acids is 2. The Morgan fingerprint density at radius 2 is 1.76 bits per heavy atom. The Hall–Kier alpha value is -0.950. The number of urea groups is 1. The maximum atomic E-state index is 12.5. The van der Waals surface area contributed by atoms with E-state index in [4.69, 9.17) is 0 Å². The summed E-state index contributed by atoms with van der Waals surface area (Å²) in [6, 6.07) is 0.561. The van der Waals surface area contributed by atoms with Crippen molar-refractivity contribution in [3.05, 3.63) is 0 Å². The number of carbonyl (C=O) groups is 2. The minimum Gasteiger partial charge on any atom is -0.340 e. The van der Waals surface area contributed by atoms with Crippen molar-refractivity contribution in [1.29, 1.82) is 0 Å². The molecule has 0 aromatic carbocycles. The average Bonchev–Trinajstić information content (AvgIpc) is 3.27. The maximum absolute atomic E-state index is 12.5. The highest BCUT2D eigenvalue weighted by atomic mass is 32.2. The molecular weight excluding hydrogens is 384 g/mol. The molecule has 3 rings (SSSR count). The lowest BCUT2D eigenvalue weighted by molar-refractivity contribution is -0.133. The summed E-state index contributed by atoms with van der Waals surface area (Å²) < 4.78 is 0. The highest BCUT2D eigenvalue weighted by Gasteiger charge is 2.42. The van der Waals surface area contributed by atoms with Gasteiger partial charge in [0.2, 0.25) is 5.91 Å². The first kappa shape index (κ1) is 22.7. The molecule has 3 saturated heterocycles. The number of unbranched alkanes of at least 4 members (excludes halogenated alkanes) is 6. The van der Waals surface area contributed by atoms with E-state index in [1.807, 2.05) is 11.8 Å². The van der Waals surface area contributed by atoms with Crippen molar-refractivity contribution in [3.8, 4) is 0 Å². The number of rotatable bonds is 12. The quantitative estimate of drug-likeness (QED) is 0.373. The molecule has 2 N–H and O–H groups in total. The summed E-state index contributed by atoms with van der Waals surface area (Å²) in [6.45, 7) is 7.33. The van der Waals surface area contributed by atoms with Crippen LogP contribution in [0, 0.1) is 0 Å². The summed E-state index contributed by atoms with van der Waals surface area (Å²) in [7, 11) is 0. The molecule has 0 aromatic rings. The normalized spacial score (nSPS) is 27.0. The number of hydrogen-bond donors (Lipinski definition) is 2. The van der Waals surface area contributed by atoms with E-state index >= 15 is 0 Å². The second-order valence-corrected chi connectivity index (χ2v) is 10.1. The number of hydrogen-bond acceptors (Lipinski definition) is 4. The van der Waals surface area contributed by atoms with Crippen molar-refractivity contribution in [3.63, 3.8) is 0 Å². The molecule has 166 valence electrons. The van der Waals surface area contributed by atoms with Crippen LogP contribution in [0.3, 0.4) is 0 Å². The van der Waals surface area contributed by atoms with E-state index in [2.05, 4.69) is 27.4 Å². The van der Waals surface area contributed by atoms with Gasteiger partial charge in [-0.1, -0.05) is 45.4 Å². The number of fused-ring (bicyclic) bond motifs is 1. The summed E-state index contributed by atoms with van der Waals surface area (Å²) in [5, 5.41) is 6.54. The van der Waals surface area contributed by atoms with Crippen molar-refractivity contribution < 1.29 is 9.59 Å². The van der Waals surface area contributed by atoms with Crippen molar-refractivity contribution in [2.24, 2.45) is 0 Å². The van der Waals surface area contributed by atoms with Gasteiger partial charge in [0.15, 0.2) is 0 Å². The van der Waals surface area contributed by atoms with Gasteiger partial charge in [-0.3, -0.25) is 9.69 Å². The van der Waals surface area contributed by atoms with Crippen molar-refractivity contribution in [2.75, 3.05) is 38.5 Å². The molecule has 3 atom stereocenters. The van der Waals surface area contributed by atoms with Crippen LogP contribution in [0.5, 0.6) is 0 Å². The Morgan fingerprint density at radius 3 is 2.55 bits per heavy atom. The molecule has 6 nitrogen and oxygen atoms in total. The second kappa shape index (κ2) is 12.0. The third kappa shape index (κ3) is 7.06. The van der Waals surface area contributed by atoms with Crippen molar-refractivity contribution in [2.45, 2.75) is 88.5 Å².